The highest BCUT2D eigenvalue weighted by molar-refractivity contribution is 5.95. The highest BCUT2D eigenvalue weighted by atomic mass is 19.1. The third kappa shape index (κ3) is 2.34. The minimum atomic E-state index is -0.380. The maximum atomic E-state index is 13.0. The molecule has 1 fully saturated rings. The second-order valence-corrected chi connectivity index (χ2v) is 5.05. The van der Waals surface area contributed by atoms with Crippen LogP contribution in [0.3, 0.4) is 0 Å². The van der Waals surface area contributed by atoms with Gasteiger partial charge < -0.3 is 11.1 Å². The van der Waals surface area contributed by atoms with E-state index in [1.54, 1.807) is 18.2 Å². The van der Waals surface area contributed by atoms with Crippen molar-refractivity contribution in [3.05, 3.63) is 59.7 Å². The Bertz CT molecular complexity index is 650. The zero-order chi connectivity index (χ0) is 14.2. The van der Waals surface area contributed by atoms with Gasteiger partial charge in [0.1, 0.15) is 5.82 Å². The Morgan fingerprint density at radius 2 is 1.95 bits per heavy atom. The molecule has 1 aliphatic rings. The van der Waals surface area contributed by atoms with Gasteiger partial charge in [0.25, 0.3) is 5.91 Å². The van der Waals surface area contributed by atoms with E-state index in [1.165, 1.54) is 24.5 Å². The standard InChI is InChI=1S/C15H14FN3O/c16-12-3-1-11(2-4-12)15(5-6-15)19-14(20)10-7-13(17)9-18-8-10/h1-4,7-9H,5-6,17H2,(H,19,20). The van der Waals surface area contributed by atoms with Crippen molar-refractivity contribution in [1.82, 2.24) is 10.3 Å². The van der Waals surface area contributed by atoms with Crippen molar-refractivity contribution in [1.29, 1.82) is 0 Å². The van der Waals surface area contributed by atoms with Gasteiger partial charge in [0.2, 0.25) is 0 Å². The lowest BCUT2D eigenvalue weighted by atomic mass is 10.0. The molecule has 4 nitrogen and oxygen atoms in total. The van der Waals surface area contributed by atoms with E-state index in [4.69, 9.17) is 5.73 Å². The summed E-state index contributed by atoms with van der Waals surface area (Å²) in [4.78, 5) is 16.1. The van der Waals surface area contributed by atoms with Gasteiger partial charge in [-0.2, -0.15) is 0 Å². The first kappa shape index (κ1) is 12.6. The number of carbonyl (C=O) groups excluding carboxylic acids is 1. The van der Waals surface area contributed by atoms with Crippen molar-refractivity contribution in [2.75, 3.05) is 5.73 Å². The molecule has 5 heteroatoms. The van der Waals surface area contributed by atoms with Gasteiger partial charge >= 0.3 is 0 Å². The van der Waals surface area contributed by atoms with E-state index in [-0.39, 0.29) is 17.3 Å². The number of hydrogen-bond acceptors (Lipinski definition) is 3. The molecule has 0 saturated heterocycles. The largest absolute Gasteiger partial charge is 0.397 e. The summed E-state index contributed by atoms with van der Waals surface area (Å²) < 4.78 is 13.0. The van der Waals surface area contributed by atoms with E-state index >= 15 is 0 Å². The van der Waals surface area contributed by atoms with Gasteiger partial charge in [0.15, 0.2) is 0 Å². The molecule has 1 aromatic heterocycles. The van der Waals surface area contributed by atoms with E-state index in [1.807, 2.05) is 0 Å². The summed E-state index contributed by atoms with van der Waals surface area (Å²) in [6.07, 6.45) is 4.66. The Morgan fingerprint density at radius 3 is 2.55 bits per heavy atom. The molecule has 20 heavy (non-hydrogen) atoms. The fraction of sp³-hybridized carbons (Fsp3) is 0.200. The molecule has 2 aromatic rings. The van der Waals surface area contributed by atoms with Crippen LogP contribution in [0.15, 0.2) is 42.7 Å². The van der Waals surface area contributed by atoms with Gasteiger partial charge in [-0.05, 0) is 36.6 Å². The van der Waals surface area contributed by atoms with Gasteiger partial charge in [-0.3, -0.25) is 9.78 Å². The Labute approximate surface area is 115 Å². The lowest BCUT2D eigenvalue weighted by Gasteiger charge is -2.18. The smallest absolute Gasteiger partial charge is 0.253 e. The molecule has 1 aromatic carbocycles. The number of pyridine rings is 1. The van der Waals surface area contributed by atoms with Gasteiger partial charge in [-0.15, -0.1) is 0 Å². The van der Waals surface area contributed by atoms with Crippen molar-refractivity contribution >= 4 is 11.6 Å². The van der Waals surface area contributed by atoms with E-state index in [0.29, 0.717) is 11.3 Å². The van der Waals surface area contributed by atoms with Crippen LogP contribution in [0.25, 0.3) is 0 Å². The first-order valence-corrected chi connectivity index (χ1v) is 6.38. The predicted molar refractivity (Wildman–Crippen MR) is 73.4 cm³/mol. The molecule has 0 spiro atoms. The van der Waals surface area contributed by atoms with Crippen LogP contribution in [0.2, 0.25) is 0 Å². The molecule has 1 amide bonds. The van der Waals surface area contributed by atoms with Crippen molar-refractivity contribution in [2.45, 2.75) is 18.4 Å². The molecule has 1 heterocycles. The number of nitrogens with zero attached hydrogens (tertiary/aromatic N) is 1. The normalized spacial score (nSPS) is 15.7. The summed E-state index contributed by atoms with van der Waals surface area (Å²) in [6, 6.07) is 7.82. The molecule has 0 radical (unpaired) electrons. The van der Waals surface area contributed by atoms with Gasteiger partial charge in [-0.25, -0.2) is 4.39 Å². The Balaban J connectivity index is 1.80. The first-order chi connectivity index (χ1) is 9.59. The molecule has 0 bridgehead atoms. The second kappa shape index (κ2) is 4.59. The molecule has 3 rings (SSSR count). The number of rotatable bonds is 3. The summed E-state index contributed by atoms with van der Waals surface area (Å²) >= 11 is 0. The molecular weight excluding hydrogens is 257 g/mol. The topological polar surface area (TPSA) is 68.0 Å². The average Bonchev–Trinajstić information content (AvgIpc) is 3.20. The minimum Gasteiger partial charge on any atom is -0.397 e. The van der Waals surface area contributed by atoms with Crippen LogP contribution in [0.1, 0.15) is 28.8 Å². The van der Waals surface area contributed by atoms with E-state index in [0.717, 1.165) is 18.4 Å². The highest BCUT2D eigenvalue weighted by Crippen LogP contribution is 2.45. The predicted octanol–water partition coefficient (Wildman–Crippen LogP) is 2.22. The van der Waals surface area contributed by atoms with Crippen LogP contribution in [0.5, 0.6) is 0 Å². The Hall–Kier alpha value is -2.43. The number of benzene rings is 1. The molecule has 0 aliphatic heterocycles. The zero-order valence-electron chi connectivity index (χ0n) is 10.8. The fourth-order valence-electron chi connectivity index (χ4n) is 2.25. The first-order valence-electron chi connectivity index (χ1n) is 6.38. The monoisotopic (exact) mass is 271 g/mol. The SMILES string of the molecule is Nc1cncc(C(=O)NC2(c3ccc(F)cc3)CC2)c1. The number of aromatic nitrogens is 1. The quantitative estimate of drug-likeness (QED) is 0.899. The summed E-state index contributed by atoms with van der Waals surface area (Å²) in [5.74, 6) is -0.498. The number of nitrogen functional groups attached to an aromatic ring is 1. The zero-order valence-corrected chi connectivity index (χ0v) is 10.8. The average molecular weight is 271 g/mol. The van der Waals surface area contributed by atoms with Crippen LogP contribution < -0.4 is 11.1 Å². The third-order valence-corrected chi connectivity index (χ3v) is 3.52. The fourth-order valence-corrected chi connectivity index (χ4v) is 2.25. The van der Waals surface area contributed by atoms with Crippen molar-refractivity contribution < 1.29 is 9.18 Å². The van der Waals surface area contributed by atoms with E-state index in [2.05, 4.69) is 10.3 Å². The minimum absolute atomic E-state index is 0.216. The number of nitrogens with one attached hydrogen (secondary N) is 1. The molecule has 0 atom stereocenters. The molecule has 3 N–H and O–H groups in total. The van der Waals surface area contributed by atoms with Crippen LogP contribution >= 0.6 is 0 Å². The number of anilines is 1. The molecule has 0 unspecified atom stereocenters. The van der Waals surface area contributed by atoms with Crippen molar-refractivity contribution in [3.8, 4) is 0 Å². The second-order valence-electron chi connectivity index (χ2n) is 5.05. The maximum Gasteiger partial charge on any atom is 0.253 e. The van der Waals surface area contributed by atoms with Gasteiger partial charge in [-0.1, -0.05) is 12.1 Å². The van der Waals surface area contributed by atoms with Crippen molar-refractivity contribution in [2.24, 2.45) is 0 Å². The van der Waals surface area contributed by atoms with Crippen LogP contribution in [-0.2, 0) is 5.54 Å². The van der Waals surface area contributed by atoms with E-state index in [9.17, 15) is 9.18 Å². The summed E-state index contributed by atoms with van der Waals surface area (Å²) in [5.41, 5.74) is 7.04. The molecule has 1 saturated carbocycles. The summed E-state index contributed by atoms with van der Waals surface area (Å²) in [5, 5.41) is 2.99. The lowest BCUT2D eigenvalue weighted by molar-refractivity contribution is 0.0930. The van der Waals surface area contributed by atoms with Crippen molar-refractivity contribution in [3.63, 3.8) is 0 Å². The number of carbonyl (C=O) groups is 1. The number of hydrogen-bond donors (Lipinski definition) is 2. The number of amides is 1. The number of nitrogens with two attached hydrogens (primary N) is 1. The van der Waals surface area contributed by atoms with Crippen LogP contribution in [0, 0.1) is 5.82 Å². The Morgan fingerprint density at radius 1 is 1.25 bits per heavy atom. The summed E-state index contributed by atoms with van der Waals surface area (Å²) in [6.45, 7) is 0. The molecular formula is C15H14FN3O. The van der Waals surface area contributed by atoms with Gasteiger partial charge in [0.05, 0.1) is 16.8 Å². The highest BCUT2D eigenvalue weighted by Gasteiger charge is 2.45. The Kier molecular flexibility index (Phi) is 2.89. The lowest BCUT2D eigenvalue weighted by Crippen LogP contribution is -2.34. The summed E-state index contributed by atoms with van der Waals surface area (Å²) in [7, 11) is 0. The number of halogens is 1. The molecule has 1 aliphatic carbocycles. The van der Waals surface area contributed by atoms with Gasteiger partial charge in [0, 0.05) is 12.4 Å². The maximum absolute atomic E-state index is 13.0. The van der Waals surface area contributed by atoms with E-state index < -0.39 is 0 Å². The van der Waals surface area contributed by atoms with Crippen LogP contribution in [-0.4, -0.2) is 10.9 Å². The van der Waals surface area contributed by atoms with Crippen LogP contribution in [0.4, 0.5) is 10.1 Å². The third-order valence-electron chi connectivity index (χ3n) is 3.52. The molecule has 102 valence electrons.